The van der Waals surface area contributed by atoms with Gasteiger partial charge in [-0.15, -0.1) is 0 Å². The molecule has 6 nitrogen and oxygen atoms in total. The molecule has 0 aliphatic heterocycles. The highest BCUT2D eigenvalue weighted by Gasteiger charge is 2.21. The number of aliphatic carboxylic acids is 1. The minimum Gasteiger partial charge on any atom is -0.549 e. The van der Waals surface area contributed by atoms with Gasteiger partial charge in [0, 0.05) is 5.75 Å². The summed E-state index contributed by atoms with van der Waals surface area (Å²) in [6.45, 7) is 1.91. The molecule has 2 heterocycles. The molecule has 0 N–H and O–H groups in total. The van der Waals surface area contributed by atoms with Crippen LogP contribution in [0.1, 0.15) is 5.56 Å². The minimum atomic E-state index is -1.32. The number of benzene rings is 2. The van der Waals surface area contributed by atoms with Crippen LogP contribution in [0.2, 0.25) is 0 Å². The Kier molecular flexibility index (Phi) is 5.54. The van der Waals surface area contributed by atoms with Gasteiger partial charge in [-0.25, -0.2) is 9.37 Å². The first-order valence-corrected chi connectivity index (χ1v) is 10.9. The Balaban J connectivity index is 2.08. The largest absolute Gasteiger partial charge is 0.549 e. The van der Waals surface area contributed by atoms with E-state index in [-0.39, 0.29) is 15.5 Å². The van der Waals surface area contributed by atoms with Gasteiger partial charge in [0.1, 0.15) is 10.5 Å². The molecular formula is C20H13FN3O3S3-. The maximum absolute atomic E-state index is 14.5. The molecule has 0 aliphatic carbocycles. The van der Waals surface area contributed by atoms with Gasteiger partial charge in [-0.3, -0.25) is 13.9 Å². The van der Waals surface area contributed by atoms with E-state index in [1.807, 2.05) is 31.2 Å². The van der Waals surface area contributed by atoms with Crippen molar-refractivity contribution >= 4 is 51.6 Å². The number of rotatable bonds is 5. The summed E-state index contributed by atoms with van der Waals surface area (Å²) in [6, 6.07) is 13.2. The number of hydrogen-bond acceptors (Lipinski definition) is 7. The molecule has 0 amide bonds. The van der Waals surface area contributed by atoms with E-state index in [1.54, 1.807) is 10.6 Å². The van der Waals surface area contributed by atoms with Crippen LogP contribution in [0.25, 0.3) is 21.7 Å². The van der Waals surface area contributed by atoms with Gasteiger partial charge in [0.05, 0.1) is 17.3 Å². The predicted molar refractivity (Wildman–Crippen MR) is 116 cm³/mol. The summed E-state index contributed by atoms with van der Waals surface area (Å²) in [5.74, 6) is -2.39. The van der Waals surface area contributed by atoms with Gasteiger partial charge in [0.15, 0.2) is 14.8 Å². The Labute approximate surface area is 183 Å². The lowest BCUT2D eigenvalue weighted by atomic mass is 10.2. The molecule has 10 heteroatoms. The molecule has 2 aromatic heterocycles. The molecule has 0 radical (unpaired) electrons. The summed E-state index contributed by atoms with van der Waals surface area (Å²) in [5, 5.41) is 11.1. The summed E-state index contributed by atoms with van der Waals surface area (Å²) in [5.41, 5.74) is 1.46. The molecule has 0 saturated carbocycles. The molecule has 0 bridgehead atoms. The van der Waals surface area contributed by atoms with Crippen molar-refractivity contribution in [2.45, 2.75) is 12.1 Å². The second-order valence-corrected chi connectivity index (χ2v) is 8.88. The number of hydrogen-bond donors (Lipinski definition) is 0. The number of aryl methyl sites for hydroxylation is 1. The van der Waals surface area contributed by atoms with Crippen molar-refractivity contribution in [3.63, 3.8) is 0 Å². The van der Waals surface area contributed by atoms with Crippen molar-refractivity contribution in [1.29, 1.82) is 0 Å². The minimum absolute atomic E-state index is 0.0143. The van der Waals surface area contributed by atoms with Crippen molar-refractivity contribution in [3.05, 3.63) is 74.2 Å². The van der Waals surface area contributed by atoms with E-state index in [0.717, 1.165) is 38.9 Å². The third kappa shape index (κ3) is 3.57. The van der Waals surface area contributed by atoms with E-state index < -0.39 is 23.1 Å². The monoisotopic (exact) mass is 458 g/mol. The molecule has 0 atom stereocenters. The number of aromatic nitrogens is 3. The van der Waals surface area contributed by atoms with E-state index in [0.29, 0.717) is 9.60 Å². The smallest absolute Gasteiger partial charge is 0.278 e. The number of para-hydroxylation sites is 2. The van der Waals surface area contributed by atoms with Crippen LogP contribution in [0.15, 0.2) is 58.5 Å². The number of fused-ring (bicyclic) bond motifs is 1. The fourth-order valence-corrected chi connectivity index (χ4v) is 5.03. The van der Waals surface area contributed by atoms with Crippen LogP contribution in [-0.4, -0.2) is 25.8 Å². The number of halogens is 1. The van der Waals surface area contributed by atoms with Crippen LogP contribution < -0.4 is 10.7 Å². The van der Waals surface area contributed by atoms with Gasteiger partial charge < -0.3 is 9.90 Å². The number of carbonyl (C=O) groups is 1. The molecule has 30 heavy (non-hydrogen) atoms. The third-order valence-electron chi connectivity index (χ3n) is 4.35. The summed E-state index contributed by atoms with van der Waals surface area (Å²) in [4.78, 5) is 28.9. The molecule has 4 aromatic rings. The standard InChI is InChI=1S/C20H14FN3O3S3/c1-11-6-2-4-8-13(11)23-17-16(30-20(23)28)18(27)24(14-9-5-3-7-12(14)21)19(22-17)29-10-15(25)26/h2-9H,10H2,1H3,(H,25,26)/p-1. The fraction of sp³-hybridized carbons (Fsp3) is 0.100. The lowest BCUT2D eigenvalue weighted by molar-refractivity contribution is -0.301. The number of thiazole rings is 1. The van der Waals surface area contributed by atoms with Crippen LogP contribution >= 0.6 is 35.3 Å². The molecular weight excluding hydrogens is 445 g/mol. The highest BCUT2D eigenvalue weighted by Crippen LogP contribution is 2.28. The van der Waals surface area contributed by atoms with Crippen molar-refractivity contribution in [2.75, 3.05) is 5.75 Å². The first-order valence-electron chi connectivity index (χ1n) is 8.70. The Morgan fingerprint density at radius 2 is 1.83 bits per heavy atom. The van der Waals surface area contributed by atoms with Crippen molar-refractivity contribution in [3.8, 4) is 11.4 Å². The van der Waals surface area contributed by atoms with Crippen LogP contribution in [0, 0.1) is 16.7 Å². The summed E-state index contributed by atoms with van der Waals surface area (Å²) < 4.78 is 17.9. The SMILES string of the molecule is Cc1ccccc1-n1c(=S)sc2c(=O)n(-c3ccccc3F)c(SCC(=O)[O-])nc21. The molecule has 152 valence electrons. The van der Waals surface area contributed by atoms with Crippen molar-refractivity contribution in [1.82, 2.24) is 14.1 Å². The topological polar surface area (TPSA) is 80.0 Å². The van der Waals surface area contributed by atoms with Crippen LogP contribution in [0.5, 0.6) is 0 Å². The molecule has 0 aliphatic rings. The second kappa shape index (κ2) is 8.13. The van der Waals surface area contributed by atoms with E-state index in [4.69, 9.17) is 12.2 Å². The zero-order valence-corrected chi connectivity index (χ0v) is 17.9. The summed E-state index contributed by atoms with van der Waals surface area (Å²) in [6.07, 6.45) is 0. The second-order valence-electron chi connectivity index (χ2n) is 6.29. The first kappa shape index (κ1) is 20.5. The van der Waals surface area contributed by atoms with E-state index in [9.17, 15) is 19.1 Å². The fourth-order valence-electron chi connectivity index (χ4n) is 3.03. The Bertz CT molecular complexity index is 1410. The Morgan fingerprint density at radius 3 is 2.50 bits per heavy atom. The van der Waals surface area contributed by atoms with Crippen LogP contribution in [-0.2, 0) is 4.79 Å². The third-order valence-corrected chi connectivity index (χ3v) is 6.61. The first-order chi connectivity index (χ1) is 14.4. The molecule has 0 spiro atoms. The summed E-state index contributed by atoms with van der Waals surface area (Å²) >= 11 is 7.36. The number of carboxylic acid groups (broad SMARTS) is 1. The van der Waals surface area contributed by atoms with Gasteiger partial charge in [-0.05, 0) is 42.9 Å². The maximum Gasteiger partial charge on any atom is 0.278 e. The number of carboxylic acids is 1. The molecule has 0 saturated heterocycles. The number of thioether (sulfide) groups is 1. The normalized spacial score (nSPS) is 11.1. The Hall–Kier alpha value is -2.82. The highest BCUT2D eigenvalue weighted by atomic mass is 32.2. The number of nitrogens with zero attached hydrogens (tertiary/aromatic N) is 3. The maximum atomic E-state index is 14.5. The van der Waals surface area contributed by atoms with E-state index in [2.05, 4.69) is 4.98 Å². The van der Waals surface area contributed by atoms with Gasteiger partial charge in [0.2, 0.25) is 0 Å². The van der Waals surface area contributed by atoms with Gasteiger partial charge in [0.25, 0.3) is 5.56 Å². The van der Waals surface area contributed by atoms with Gasteiger partial charge >= 0.3 is 0 Å². The van der Waals surface area contributed by atoms with Crippen LogP contribution in [0.3, 0.4) is 0 Å². The van der Waals surface area contributed by atoms with Crippen molar-refractivity contribution in [2.24, 2.45) is 0 Å². The Morgan fingerprint density at radius 1 is 1.17 bits per heavy atom. The molecule has 2 aromatic carbocycles. The summed E-state index contributed by atoms with van der Waals surface area (Å²) in [7, 11) is 0. The predicted octanol–water partition coefficient (Wildman–Crippen LogP) is 3.26. The molecule has 0 fully saturated rings. The lowest BCUT2D eigenvalue weighted by Gasteiger charge is -2.14. The van der Waals surface area contributed by atoms with Gasteiger partial charge in [-0.2, -0.15) is 0 Å². The number of carbonyl (C=O) groups excluding carboxylic acids is 1. The molecule has 0 unspecified atom stereocenters. The van der Waals surface area contributed by atoms with Gasteiger partial charge in [-0.1, -0.05) is 53.4 Å². The van der Waals surface area contributed by atoms with Crippen molar-refractivity contribution < 1.29 is 14.3 Å². The zero-order valence-electron chi connectivity index (χ0n) is 15.5. The average Bonchev–Trinajstić information content (AvgIpc) is 3.04. The quantitative estimate of drug-likeness (QED) is 0.260. The lowest BCUT2D eigenvalue weighted by Crippen LogP contribution is -2.26. The highest BCUT2D eigenvalue weighted by molar-refractivity contribution is 7.99. The average molecular weight is 459 g/mol. The zero-order chi connectivity index (χ0) is 21.4. The van der Waals surface area contributed by atoms with E-state index in [1.165, 1.54) is 18.2 Å². The van der Waals surface area contributed by atoms with Crippen LogP contribution in [0.4, 0.5) is 4.39 Å². The van der Waals surface area contributed by atoms with E-state index >= 15 is 0 Å². The molecule has 4 rings (SSSR count).